The van der Waals surface area contributed by atoms with Crippen LogP contribution >= 0.6 is 11.8 Å². The molecule has 0 fully saturated rings. The molecule has 0 spiro atoms. The van der Waals surface area contributed by atoms with Gasteiger partial charge in [0.25, 0.3) is 0 Å². The Morgan fingerprint density at radius 3 is 2.48 bits per heavy atom. The van der Waals surface area contributed by atoms with E-state index in [1.165, 1.54) is 0 Å². The molecule has 2 N–H and O–H groups in total. The molecule has 0 aliphatic carbocycles. The van der Waals surface area contributed by atoms with Crippen LogP contribution in [-0.4, -0.2) is 28.0 Å². The van der Waals surface area contributed by atoms with Crippen molar-refractivity contribution in [2.75, 3.05) is 7.11 Å². The molecule has 27 heavy (non-hydrogen) atoms. The molecule has 0 atom stereocenters. The first-order valence-corrected chi connectivity index (χ1v) is 9.03. The topological polar surface area (TPSA) is 82.5 Å². The lowest BCUT2D eigenvalue weighted by atomic mass is 10.1. The van der Waals surface area contributed by atoms with Gasteiger partial charge in [-0.15, -0.1) is 0 Å². The molecule has 1 aromatic heterocycles. The van der Waals surface area contributed by atoms with Crippen LogP contribution < -0.4 is 10.5 Å². The van der Waals surface area contributed by atoms with E-state index in [0.29, 0.717) is 4.91 Å². The van der Waals surface area contributed by atoms with E-state index >= 15 is 0 Å². The Morgan fingerprint density at radius 1 is 1.11 bits per heavy atom. The van der Waals surface area contributed by atoms with Gasteiger partial charge < -0.3 is 10.5 Å². The number of amides is 1. The molecule has 0 saturated heterocycles. The zero-order valence-corrected chi connectivity index (χ0v) is 15.3. The normalized spacial score (nSPS) is 15.2. The molecule has 4 rings (SSSR count). The molecule has 0 bridgehead atoms. The van der Waals surface area contributed by atoms with Gasteiger partial charge >= 0.3 is 5.24 Å². The van der Waals surface area contributed by atoms with Crippen LogP contribution in [0.15, 0.2) is 70.7 Å². The lowest BCUT2D eigenvalue weighted by molar-refractivity contribution is 0.268. The minimum Gasteiger partial charge on any atom is -0.497 e. The van der Waals surface area contributed by atoms with Gasteiger partial charge in [0, 0.05) is 17.3 Å². The largest absolute Gasteiger partial charge is 0.497 e. The van der Waals surface area contributed by atoms with E-state index in [0.717, 1.165) is 40.0 Å². The predicted octanol–water partition coefficient (Wildman–Crippen LogP) is 4.11. The Kier molecular flexibility index (Phi) is 4.52. The molecular formula is C20H16N4O2S. The van der Waals surface area contributed by atoms with E-state index in [9.17, 15) is 4.79 Å². The first-order chi connectivity index (χ1) is 13.1. The van der Waals surface area contributed by atoms with Crippen LogP contribution in [0, 0.1) is 0 Å². The molecule has 2 heterocycles. The van der Waals surface area contributed by atoms with E-state index in [2.05, 4.69) is 4.99 Å². The third-order valence-corrected chi connectivity index (χ3v) is 4.89. The molecular weight excluding hydrogens is 360 g/mol. The summed E-state index contributed by atoms with van der Waals surface area (Å²) in [4.78, 5) is 15.9. The van der Waals surface area contributed by atoms with E-state index in [1.54, 1.807) is 11.8 Å². The number of nitrogens with two attached hydrogens (primary N) is 1. The number of benzene rings is 2. The Labute approximate surface area is 160 Å². The van der Waals surface area contributed by atoms with Crippen molar-refractivity contribution < 1.29 is 9.53 Å². The van der Waals surface area contributed by atoms with Crippen molar-refractivity contribution in [3.8, 4) is 22.7 Å². The number of hydrogen-bond donors (Lipinski definition) is 1. The molecule has 134 valence electrons. The lowest BCUT2D eigenvalue weighted by Gasteiger charge is -2.03. The molecule has 7 heteroatoms. The van der Waals surface area contributed by atoms with Crippen molar-refractivity contribution in [2.45, 2.75) is 0 Å². The number of amidine groups is 1. The molecule has 2 aromatic carbocycles. The highest BCUT2D eigenvalue weighted by Gasteiger charge is 2.20. The van der Waals surface area contributed by atoms with Crippen LogP contribution in [0.25, 0.3) is 23.0 Å². The predicted molar refractivity (Wildman–Crippen MR) is 108 cm³/mol. The summed E-state index contributed by atoms with van der Waals surface area (Å²) in [6, 6.07) is 17.5. The summed E-state index contributed by atoms with van der Waals surface area (Å²) in [6.45, 7) is 0. The minimum atomic E-state index is -0.305. The van der Waals surface area contributed by atoms with Crippen LogP contribution in [0.4, 0.5) is 4.79 Å². The summed E-state index contributed by atoms with van der Waals surface area (Å²) >= 11 is 1.02. The van der Waals surface area contributed by atoms with Crippen molar-refractivity contribution >= 4 is 28.9 Å². The molecule has 6 nitrogen and oxygen atoms in total. The van der Waals surface area contributed by atoms with Crippen molar-refractivity contribution in [2.24, 2.45) is 10.7 Å². The number of thioether (sulfide) groups is 1. The van der Waals surface area contributed by atoms with E-state index in [-0.39, 0.29) is 11.1 Å². The van der Waals surface area contributed by atoms with Crippen LogP contribution in [0.2, 0.25) is 0 Å². The number of carbonyl (C=O) groups excluding carboxylic acids is 1. The average Bonchev–Trinajstić information content (AvgIpc) is 3.25. The number of methoxy groups -OCH3 is 1. The first-order valence-electron chi connectivity index (χ1n) is 8.21. The summed E-state index contributed by atoms with van der Waals surface area (Å²) in [5, 5.41) is 4.44. The fourth-order valence-electron chi connectivity index (χ4n) is 2.75. The number of rotatable bonds is 4. The molecule has 0 saturated carbocycles. The van der Waals surface area contributed by atoms with Gasteiger partial charge in [-0.2, -0.15) is 10.1 Å². The SMILES string of the molecule is COc1ccc(-c2nn(-c3ccccc3)cc2/C=C2/SC(=O)N=C2N)cc1. The van der Waals surface area contributed by atoms with Gasteiger partial charge in [-0.05, 0) is 54.2 Å². The standard InChI is InChI=1S/C20H16N4O2S/c1-26-16-9-7-13(8-10-16)18-14(11-17-19(21)22-20(25)27-17)12-24(23-18)15-5-3-2-4-6-15/h2-12H,1H3,(H2,21,22,25)/b17-11+. The molecule has 0 radical (unpaired) electrons. The van der Waals surface area contributed by atoms with Crippen molar-refractivity contribution in [3.05, 3.63) is 71.3 Å². The minimum absolute atomic E-state index is 0.234. The van der Waals surface area contributed by atoms with Gasteiger partial charge in [0.15, 0.2) is 0 Å². The lowest BCUT2D eigenvalue weighted by Crippen LogP contribution is -2.08. The Balaban J connectivity index is 1.82. The number of ether oxygens (including phenoxy) is 1. The molecule has 0 unspecified atom stereocenters. The second-order valence-electron chi connectivity index (χ2n) is 5.82. The van der Waals surface area contributed by atoms with Gasteiger partial charge in [0.1, 0.15) is 11.6 Å². The fraction of sp³-hybridized carbons (Fsp3) is 0.0500. The maximum absolute atomic E-state index is 11.5. The third-order valence-electron chi connectivity index (χ3n) is 4.07. The fourth-order valence-corrected chi connectivity index (χ4v) is 3.41. The van der Waals surface area contributed by atoms with Crippen LogP contribution in [0.5, 0.6) is 5.75 Å². The Bertz CT molecular complexity index is 1050. The average molecular weight is 376 g/mol. The zero-order valence-electron chi connectivity index (χ0n) is 14.5. The Hall–Kier alpha value is -3.32. The quantitative estimate of drug-likeness (QED) is 0.741. The maximum atomic E-state index is 11.5. The van der Waals surface area contributed by atoms with Gasteiger partial charge in [-0.25, -0.2) is 4.68 Å². The highest BCUT2D eigenvalue weighted by Crippen LogP contribution is 2.32. The van der Waals surface area contributed by atoms with E-state index in [4.69, 9.17) is 15.6 Å². The smallest absolute Gasteiger partial charge is 0.311 e. The van der Waals surface area contributed by atoms with Gasteiger partial charge in [0.2, 0.25) is 0 Å². The number of carbonyl (C=O) groups is 1. The Morgan fingerprint density at radius 2 is 1.85 bits per heavy atom. The van der Waals surface area contributed by atoms with Crippen molar-refractivity contribution in [3.63, 3.8) is 0 Å². The molecule has 1 aliphatic heterocycles. The summed E-state index contributed by atoms with van der Waals surface area (Å²) in [5.41, 5.74) is 9.36. The number of nitrogens with zero attached hydrogens (tertiary/aromatic N) is 3. The summed E-state index contributed by atoms with van der Waals surface area (Å²) in [6.07, 6.45) is 3.76. The van der Waals surface area contributed by atoms with Crippen LogP contribution in [0.1, 0.15) is 5.56 Å². The second-order valence-corrected chi connectivity index (χ2v) is 6.81. The first kappa shape index (κ1) is 17.1. The summed E-state index contributed by atoms with van der Waals surface area (Å²) < 4.78 is 7.04. The monoisotopic (exact) mass is 376 g/mol. The van der Waals surface area contributed by atoms with Crippen molar-refractivity contribution in [1.29, 1.82) is 0 Å². The number of hydrogen-bond acceptors (Lipinski definition) is 5. The van der Waals surface area contributed by atoms with E-state index < -0.39 is 0 Å². The molecule has 3 aromatic rings. The number of aromatic nitrogens is 2. The molecule has 1 aliphatic rings. The number of aliphatic imine (C=N–C) groups is 1. The second kappa shape index (κ2) is 7.13. The van der Waals surface area contributed by atoms with E-state index in [1.807, 2.05) is 66.9 Å². The number of para-hydroxylation sites is 1. The highest BCUT2D eigenvalue weighted by molar-refractivity contribution is 8.18. The summed E-state index contributed by atoms with van der Waals surface area (Å²) in [7, 11) is 1.63. The van der Waals surface area contributed by atoms with Crippen LogP contribution in [0.3, 0.4) is 0 Å². The highest BCUT2D eigenvalue weighted by atomic mass is 32.2. The maximum Gasteiger partial charge on any atom is 0.311 e. The zero-order chi connectivity index (χ0) is 18.8. The molecule has 1 amide bonds. The third kappa shape index (κ3) is 3.50. The van der Waals surface area contributed by atoms with Gasteiger partial charge in [0.05, 0.1) is 23.4 Å². The van der Waals surface area contributed by atoms with Crippen LogP contribution in [-0.2, 0) is 0 Å². The van der Waals surface area contributed by atoms with Gasteiger partial charge in [-0.1, -0.05) is 18.2 Å². The van der Waals surface area contributed by atoms with Crippen molar-refractivity contribution in [1.82, 2.24) is 9.78 Å². The summed E-state index contributed by atoms with van der Waals surface area (Å²) in [5.74, 6) is 1.01. The van der Waals surface area contributed by atoms with Gasteiger partial charge in [-0.3, -0.25) is 4.79 Å².